The molecule has 0 aliphatic rings. The zero-order valence-electron chi connectivity index (χ0n) is 9.18. The molecule has 0 heterocycles. The first-order valence-corrected chi connectivity index (χ1v) is 4.70. The van der Waals surface area contributed by atoms with E-state index in [1.807, 2.05) is 6.92 Å². The first kappa shape index (κ1) is 12.2. The Hall–Kier alpha value is -0.850. The van der Waals surface area contributed by atoms with Gasteiger partial charge in [0, 0.05) is 5.41 Å². The van der Waals surface area contributed by atoms with Gasteiger partial charge in [0.15, 0.2) is 0 Å². The Morgan fingerprint density at radius 2 is 1.92 bits per heavy atom. The highest BCUT2D eigenvalue weighted by Crippen LogP contribution is 2.26. The van der Waals surface area contributed by atoms with Crippen molar-refractivity contribution in [3.63, 3.8) is 0 Å². The molecule has 0 aromatic carbocycles. The van der Waals surface area contributed by atoms with Crippen LogP contribution in [0.1, 0.15) is 40.5 Å². The van der Waals surface area contributed by atoms with E-state index in [9.17, 15) is 4.79 Å². The Morgan fingerprint density at radius 1 is 1.38 bits per heavy atom. The maximum absolute atomic E-state index is 11.3. The van der Waals surface area contributed by atoms with Crippen LogP contribution in [-0.4, -0.2) is 5.78 Å². The van der Waals surface area contributed by atoms with Gasteiger partial charge in [-0.15, -0.1) is 6.58 Å². The number of hydrogen-bond acceptors (Lipinski definition) is 1. The molecule has 0 fully saturated rings. The summed E-state index contributed by atoms with van der Waals surface area (Å²) in [5.74, 6) is 0.199. The molecule has 0 amide bonds. The van der Waals surface area contributed by atoms with Crippen molar-refractivity contribution in [3.05, 3.63) is 24.3 Å². The maximum atomic E-state index is 11.3. The van der Waals surface area contributed by atoms with Gasteiger partial charge in [-0.25, -0.2) is 0 Å². The van der Waals surface area contributed by atoms with Gasteiger partial charge in [-0.2, -0.15) is 0 Å². The Balaban J connectivity index is 4.22. The molecular formula is C12H20O. The molecule has 0 N–H and O–H groups in total. The molecule has 13 heavy (non-hydrogen) atoms. The first-order valence-electron chi connectivity index (χ1n) is 4.70. The van der Waals surface area contributed by atoms with Crippen molar-refractivity contribution in [2.75, 3.05) is 0 Å². The molecule has 0 saturated heterocycles. The summed E-state index contributed by atoms with van der Waals surface area (Å²) in [6.45, 7) is 11.4. The molecule has 0 aliphatic carbocycles. The van der Waals surface area contributed by atoms with Crippen LogP contribution in [-0.2, 0) is 4.79 Å². The predicted molar refractivity (Wildman–Crippen MR) is 57.7 cm³/mol. The molecule has 1 atom stereocenters. The van der Waals surface area contributed by atoms with Crippen molar-refractivity contribution in [2.24, 2.45) is 5.41 Å². The van der Waals surface area contributed by atoms with E-state index in [-0.39, 0.29) is 11.2 Å². The van der Waals surface area contributed by atoms with Crippen LogP contribution < -0.4 is 0 Å². The Kier molecular flexibility index (Phi) is 4.68. The SMILES string of the molecule is C=CC(C)(CCC=C(C)C)C(C)=O. The number of carbonyl (C=O) groups excluding carboxylic acids is 1. The summed E-state index contributed by atoms with van der Waals surface area (Å²) < 4.78 is 0. The summed E-state index contributed by atoms with van der Waals surface area (Å²) in [4.78, 5) is 11.3. The van der Waals surface area contributed by atoms with Crippen LogP contribution in [0.4, 0.5) is 0 Å². The van der Waals surface area contributed by atoms with E-state index in [4.69, 9.17) is 0 Å². The minimum absolute atomic E-state index is 0.199. The standard InChI is InChI=1S/C12H20O/c1-6-12(5,11(4)13)9-7-8-10(2)3/h6,8H,1,7,9H2,2-5H3. The summed E-state index contributed by atoms with van der Waals surface area (Å²) in [6, 6.07) is 0. The predicted octanol–water partition coefficient (Wildman–Crippen LogP) is 3.51. The maximum Gasteiger partial charge on any atom is 0.139 e. The van der Waals surface area contributed by atoms with Gasteiger partial charge in [0.25, 0.3) is 0 Å². The molecule has 0 rings (SSSR count). The number of rotatable bonds is 5. The zero-order valence-corrected chi connectivity index (χ0v) is 9.18. The third-order valence-corrected chi connectivity index (χ3v) is 2.47. The van der Waals surface area contributed by atoms with Gasteiger partial charge < -0.3 is 0 Å². The highest BCUT2D eigenvalue weighted by Gasteiger charge is 2.24. The number of Topliss-reactive ketones (excluding diaryl/α,β-unsaturated/α-hetero) is 1. The number of hydrogen-bond donors (Lipinski definition) is 0. The molecule has 0 radical (unpaired) electrons. The first-order chi connectivity index (χ1) is 5.92. The summed E-state index contributed by atoms with van der Waals surface area (Å²) in [6.07, 6.45) is 5.72. The lowest BCUT2D eigenvalue weighted by Gasteiger charge is -2.21. The highest BCUT2D eigenvalue weighted by atomic mass is 16.1. The fourth-order valence-electron chi connectivity index (χ4n) is 1.08. The monoisotopic (exact) mass is 180 g/mol. The minimum Gasteiger partial charge on any atom is -0.299 e. The largest absolute Gasteiger partial charge is 0.299 e. The molecule has 0 saturated carbocycles. The second kappa shape index (κ2) is 5.00. The number of carbonyl (C=O) groups is 1. The van der Waals surface area contributed by atoms with Gasteiger partial charge in [-0.3, -0.25) is 4.79 Å². The molecule has 0 spiro atoms. The molecule has 1 heteroatoms. The molecule has 0 aromatic rings. The van der Waals surface area contributed by atoms with Crippen molar-refractivity contribution in [1.29, 1.82) is 0 Å². The van der Waals surface area contributed by atoms with Crippen LogP contribution in [0, 0.1) is 5.41 Å². The third kappa shape index (κ3) is 4.07. The van der Waals surface area contributed by atoms with E-state index >= 15 is 0 Å². The van der Waals surface area contributed by atoms with Gasteiger partial charge >= 0.3 is 0 Å². The van der Waals surface area contributed by atoms with Gasteiger partial charge in [-0.05, 0) is 40.5 Å². The summed E-state index contributed by atoms with van der Waals surface area (Å²) in [7, 11) is 0. The topological polar surface area (TPSA) is 17.1 Å². The van der Waals surface area contributed by atoms with Crippen molar-refractivity contribution < 1.29 is 4.79 Å². The molecule has 0 aromatic heterocycles. The smallest absolute Gasteiger partial charge is 0.139 e. The van der Waals surface area contributed by atoms with E-state index in [0.29, 0.717) is 0 Å². The summed E-state index contributed by atoms with van der Waals surface area (Å²) >= 11 is 0. The van der Waals surface area contributed by atoms with Crippen molar-refractivity contribution >= 4 is 5.78 Å². The summed E-state index contributed by atoms with van der Waals surface area (Å²) in [5, 5.41) is 0. The van der Waals surface area contributed by atoms with Gasteiger partial charge in [0.05, 0.1) is 0 Å². The minimum atomic E-state index is -0.341. The molecular weight excluding hydrogens is 160 g/mol. The van der Waals surface area contributed by atoms with Gasteiger partial charge in [-0.1, -0.05) is 17.7 Å². The lowest BCUT2D eigenvalue weighted by atomic mass is 9.82. The van der Waals surface area contributed by atoms with Crippen molar-refractivity contribution in [1.82, 2.24) is 0 Å². The normalized spacial score (nSPS) is 14.5. The van der Waals surface area contributed by atoms with E-state index in [1.165, 1.54) is 5.57 Å². The van der Waals surface area contributed by atoms with E-state index < -0.39 is 0 Å². The van der Waals surface area contributed by atoms with Gasteiger partial charge in [0.1, 0.15) is 5.78 Å². The highest BCUT2D eigenvalue weighted by molar-refractivity contribution is 5.83. The third-order valence-electron chi connectivity index (χ3n) is 2.47. The van der Waals surface area contributed by atoms with Crippen molar-refractivity contribution in [3.8, 4) is 0 Å². The molecule has 1 unspecified atom stereocenters. The second-order valence-electron chi connectivity index (χ2n) is 4.00. The Morgan fingerprint density at radius 3 is 2.23 bits per heavy atom. The lowest BCUT2D eigenvalue weighted by molar-refractivity contribution is -0.123. The average molecular weight is 180 g/mol. The average Bonchev–Trinajstić information content (AvgIpc) is 2.03. The fourth-order valence-corrected chi connectivity index (χ4v) is 1.08. The Labute approximate surface area is 81.5 Å². The Bertz CT molecular complexity index is 221. The van der Waals surface area contributed by atoms with Crippen LogP contribution in [0.5, 0.6) is 0 Å². The molecule has 0 bridgehead atoms. The number of ketones is 1. The lowest BCUT2D eigenvalue weighted by Crippen LogP contribution is -2.22. The van der Waals surface area contributed by atoms with Crippen LogP contribution in [0.2, 0.25) is 0 Å². The van der Waals surface area contributed by atoms with Crippen LogP contribution >= 0.6 is 0 Å². The quantitative estimate of drug-likeness (QED) is 0.592. The van der Waals surface area contributed by atoms with Crippen LogP contribution in [0.15, 0.2) is 24.3 Å². The molecule has 1 nitrogen and oxygen atoms in total. The van der Waals surface area contributed by atoms with E-state index in [1.54, 1.807) is 13.0 Å². The van der Waals surface area contributed by atoms with Crippen molar-refractivity contribution in [2.45, 2.75) is 40.5 Å². The summed E-state index contributed by atoms with van der Waals surface area (Å²) in [5.41, 5.74) is 0.960. The van der Waals surface area contributed by atoms with Crippen LogP contribution in [0.3, 0.4) is 0 Å². The number of allylic oxidation sites excluding steroid dienone is 3. The van der Waals surface area contributed by atoms with E-state index in [2.05, 4.69) is 26.5 Å². The molecule has 0 aliphatic heterocycles. The zero-order chi connectivity index (χ0) is 10.5. The second-order valence-corrected chi connectivity index (χ2v) is 4.00. The van der Waals surface area contributed by atoms with Crippen LogP contribution in [0.25, 0.3) is 0 Å². The fraction of sp³-hybridized carbons (Fsp3) is 0.583. The van der Waals surface area contributed by atoms with Gasteiger partial charge in [0.2, 0.25) is 0 Å². The molecule has 74 valence electrons. The van der Waals surface area contributed by atoms with E-state index in [0.717, 1.165) is 12.8 Å².